The van der Waals surface area contributed by atoms with Gasteiger partial charge in [-0.25, -0.2) is 9.18 Å². The molecule has 2 aromatic rings. The first-order valence-electron chi connectivity index (χ1n) is 11.2. The summed E-state index contributed by atoms with van der Waals surface area (Å²) in [4.78, 5) is 14.3. The van der Waals surface area contributed by atoms with E-state index in [9.17, 15) is 9.18 Å². The molecule has 4 rings (SSSR count). The summed E-state index contributed by atoms with van der Waals surface area (Å²) in [6.45, 7) is 2.02. The van der Waals surface area contributed by atoms with Crippen molar-refractivity contribution >= 4 is 29.2 Å². The monoisotopic (exact) mass is 495 g/mol. The van der Waals surface area contributed by atoms with Crippen LogP contribution in [0.4, 0.5) is 4.39 Å². The van der Waals surface area contributed by atoms with E-state index < -0.39 is 11.8 Å². The zero-order valence-corrected chi connectivity index (χ0v) is 20.3. The maximum Gasteiger partial charge on any atom is 0.340 e. The van der Waals surface area contributed by atoms with E-state index in [2.05, 4.69) is 4.90 Å². The van der Waals surface area contributed by atoms with Crippen LogP contribution in [-0.4, -0.2) is 50.9 Å². The van der Waals surface area contributed by atoms with Gasteiger partial charge >= 0.3 is 5.97 Å². The van der Waals surface area contributed by atoms with Gasteiger partial charge in [0.05, 0.1) is 25.3 Å². The number of likely N-dealkylation sites (tertiary alicyclic amines) is 1. The molecule has 2 aromatic carbocycles. The molecule has 0 radical (unpaired) electrons. The van der Waals surface area contributed by atoms with Gasteiger partial charge in [-0.05, 0) is 73.5 Å². The van der Waals surface area contributed by atoms with Crippen LogP contribution in [0.3, 0.4) is 0 Å². The van der Waals surface area contributed by atoms with Gasteiger partial charge in [-0.15, -0.1) is 0 Å². The molecule has 1 saturated heterocycles. The lowest BCUT2D eigenvalue weighted by molar-refractivity contribution is 0.0284. The Balaban J connectivity index is 1.55. The van der Waals surface area contributed by atoms with Crippen LogP contribution < -0.4 is 4.74 Å². The minimum absolute atomic E-state index is 0.0288. The quantitative estimate of drug-likeness (QED) is 0.418. The van der Waals surface area contributed by atoms with Gasteiger partial charge in [0.15, 0.2) is 0 Å². The van der Waals surface area contributed by atoms with Gasteiger partial charge in [-0.3, -0.25) is 4.90 Å². The normalized spacial score (nSPS) is 19.8. The van der Waals surface area contributed by atoms with Gasteiger partial charge in [-0.1, -0.05) is 23.2 Å². The Morgan fingerprint density at radius 3 is 2.48 bits per heavy atom. The summed E-state index contributed by atoms with van der Waals surface area (Å²) >= 11 is 12.5. The molecule has 2 atom stereocenters. The van der Waals surface area contributed by atoms with E-state index >= 15 is 0 Å². The van der Waals surface area contributed by atoms with Crippen LogP contribution in [0, 0.1) is 5.82 Å². The van der Waals surface area contributed by atoms with E-state index in [1.807, 2.05) is 12.1 Å². The molecule has 2 fully saturated rings. The van der Waals surface area contributed by atoms with Crippen molar-refractivity contribution in [3.8, 4) is 5.75 Å². The lowest BCUT2D eigenvalue weighted by atomic mass is 10.0. The molecular weight excluding hydrogens is 468 g/mol. The number of methoxy groups -OCH3 is 2. The van der Waals surface area contributed by atoms with E-state index in [1.54, 1.807) is 19.2 Å². The van der Waals surface area contributed by atoms with Gasteiger partial charge in [0.1, 0.15) is 17.7 Å². The number of hydrogen-bond acceptors (Lipinski definition) is 5. The molecule has 0 aromatic heterocycles. The molecule has 0 spiro atoms. The fourth-order valence-electron chi connectivity index (χ4n) is 4.52. The zero-order valence-electron chi connectivity index (χ0n) is 18.8. The standard InChI is InChI=1S/C25H28Cl2FNO4/c1-31-14-23(16-8-17(26)10-18(27)9-16)29-7-3-4-19(13-29)33-24-12-22(28)21(25(30)32-2)11-20(24)15-5-6-15/h8-12,15,19,23H,3-7,13-14H2,1-2H3/t19-,23+/m1/s1. The maximum atomic E-state index is 14.7. The summed E-state index contributed by atoms with van der Waals surface area (Å²) < 4.78 is 31.3. The van der Waals surface area contributed by atoms with Crippen molar-refractivity contribution in [3.63, 3.8) is 0 Å². The van der Waals surface area contributed by atoms with Crippen LogP contribution in [0.1, 0.15) is 59.1 Å². The minimum atomic E-state index is -0.674. The summed E-state index contributed by atoms with van der Waals surface area (Å²) in [7, 11) is 2.92. The van der Waals surface area contributed by atoms with E-state index in [0.717, 1.165) is 43.4 Å². The van der Waals surface area contributed by atoms with Crippen molar-refractivity contribution in [2.45, 2.75) is 43.7 Å². The van der Waals surface area contributed by atoms with Crippen molar-refractivity contribution < 1.29 is 23.4 Å². The van der Waals surface area contributed by atoms with Crippen molar-refractivity contribution in [1.29, 1.82) is 0 Å². The minimum Gasteiger partial charge on any atom is -0.489 e. The number of carbonyl (C=O) groups is 1. The van der Waals surface area contributed by atoms with Crippen LogP contribution in [-0.2, 0) is 9.47 Å². The molecule has 0 N–H and O–H groups in total. The molecule has 1 aliphatic heterocycles. The highest BCUT2D eigenvalue weighted by Gasteiger charge is 2.33. The first-order chi connectivity index (χ1) is 15.9. The van der Waals surface area contributed by atoms with Crippen molar-refractivity contribution in [2.24, 2.45) is 0 Å². The number of benzene rings is 2. The van der Waals surface area contributed by atoms with Crippen LogP contribution >= 0.6 is 23.2 Å². The summed E-state index contributed by atoms with van der Waals surface area (Å²) in [6, 6.07) is 8.43. The third kappa shape index (κ3) is 5.80. The smallest absolute Gasteiger partial charge is 0.340 e. The molecule has 1 aliphatic carbocycles. The average Bonchev–Trinajstić information content (AvgIpc) is 3.62. The highest BCUT2D eigenvalue weighted by Crippen LogP contribution is 2.45. The predicted octanol–water partition coefficient (Wildman–Crippen LogP) is 6.03. The van der Waals surface area contributed by atoms with Crippen LogP contribution in [0.5, 0.6) is 5.75 Å². The molecule has 178 valence electrons. The number of carbonyl (C=O) groups excluding carboxylic acids is 1. The third-order valence-corrected chi connectivity index (χ3v) is 6.70. The Morgan fingerprint density at radius 2 is 1.85 bits per heavy atom. The van der Waals surface area contributed by atoms with E-state index in [1.165, 1.54) is 13.2 Å². The highest BCUT2D eigenvalue weighted by molar-refractivity contribution is 6.34. The van der Waals surface area contributed by atoms with Crippen LogP contribution in [0.2, 0.25) is 10.0 Å². The summed E-state index contributed by atoms with van der Waals surface area (Å²) in [6.07, 6.45) is 3.68. The molecule has 1 heterocycles. The van der Waals surface area contributed by atoms with Gasteiger partial charge in [0, 0.05) is 29.8 Å². The number of hydrogen-bond donors (Lipinski definition) is 0. The fraction of sp³-hybridized carbons (Fsp3) is 0.480. The molecule has 8 heteroatoms. The molecule has 33 heavy (non-hydrogen) atoms. The Morgan fingerprint density at radius 1 is 1.12 bits per heavy atom. The number of nitrogens with zero attached hydrogens (tertiary/aromatic N) is 1. The molecule has 0 unspecified atom stereocenters. The second-order valence-electron chi connectivity index (χ2n) is 8.69. The van der Waals surface area contributed by atoms with Gasteiger partial charge in [0.25, 0.3) is 0 Å². The number of ether oxygens (including phenoxy) is 3. The Kier molecular flexibility index (Phi) is 7.80. The number of halogens is 3. The zero-order chi connectivity index (χ0) is 23.5. The average molecular weight is 496 g/mol. The second-order valence-corrected chi connectivity index (χ2v) is 9.56. The summed E-state index contributed by atoms with van der Waals surface area (Å²) in [5.74, 6) is -0.491. The highest BCUT2D eigenvalue weighted by atomic mass is 35.5. The van der Waals surface area contributed by atoms with Crippen LogP contribution in [0.15, 0.2) is 30.3 Å². The molecule has 2 aliphatic rings. The topological polar surface area (TPSA) is 48.0 Å². The first kappa shape index (κ1) is 24.3. The van der Waals surface area contributed by atoms with Gasteiger partial charge in [0.2, 0.25) is 0 Å². The molecule has 0 bridgehead atoms. The third-order valence-electron chi connectivity index (χ3n) is 6.26. The van der Waals surface area contributed by atoms with E-state index in [0.29, 0.717) is 34.9 Å². The number of piperidine rings is 1. The largest absolute Gasteiger partial charge is 0.489 e. The lowest BCUT2D eigenvalue weighted by Gasteiger charge is -2.38. The number of rotatable bonds is 8. The molecular formula is C25H28Cl2FNO4. The van der Waals surface area contributed by atoms with Crippen molar-refractivity contribution in [1.82, 2.24) is 4.90 Å². The van der Waals surface area contributed by atoms with Gasteiger partial charge < -0.3 is 14.2 Å². The Hall–Kier alpha value is -1.86. The second kappa shape index (κ2) is 10.6. The molecule has 5 nitrogen and oxygen atoms in total. The fourth-order valence-corrected chi connectivity index (χ4v) is 5.06. The maximum absolute atomic E-state index is 14.7. The van der Waals surface area contributed by atoms with Crippen molar-refractivity contribution in [3.05, 3.63) is 62.9 Å². The van der Waals surface area contributed by atoms with Crippen LogP contribution in [0.25, 0.3) is 0 Å². The summed E-state index contributed by atoms with van der Waals surface area (Å²) in [5, 5.41) is 1.16. The van der Waals surface area contributed by atoms with E-state index in [-0.39, 0.29) is 17.7 Å². The Bertz CT molecular complexity index is 994. The van der Waals surface area contributed by atoms with Crippen molar-refractivity contribution in [2.75, 3.05) is 33.9 Å². The lowest BCUT2D eigenvalue weighted by Crippen LogP contribution is -2.44. The van der Waals surface area contributed by atoms with Gasteiger partial charge in [-0.2, -0.15) is 0 Å². The SMILES string of the molecule is COC[C@@H](c1cc(Cl)cc(Cl)c1)N1CCC[C@@H](Oc2cc(F)c(C(=O)OC)cc2C2CC2)C1. The number of esters is 1. The first-order valence-corrected chi connectivity index (χ1v) is 11.9. The predicted molar refractivity (Wildman–Crippen MR) is 126 cm³/mol. The summed E-state index contributed by atoms with van der Waals surface area (Å²) in [5.41, 5.74) is 1.82. The Labute approximate surface area is 203 Å². The molecule has 0 amide bonds. The molecule has 1 saturated carbocycles. The van der Waals surface area contributed by atoms with E-state index in [4.69, 9.17) is 37.4 Å².